The van der Waals surface area contributed by atoms with Crippen LogP contribution in [0.4, 0.5) is 11.4 Å². The highest BCUT2D eigenvalue weighted by atomic mass is 32.2. The van der Waals surface area contributed by atoms with Gasteiger partial charge in [0.1, 0.15) is 6.54 Å². The fraction of sp³-hybridized carbons (Fsp3) is 0.333. The summed E-state index contributed by atoms with van der Waals surface area (Å²) in [6.07, 6.45) is 0. The second-order valence-electron chi connectivity index (χ2n) is 7.70. The van der Waals surface area contributed by atoms with Crippen molar-refractivity contribution in [3.8, 4) is 0 Å². The van der Waals surface area contributed by atoms with Crippen molar-refractivity contribution >= 4 is 33.3 Å². The van der Waals surface area contributed by atoms with E-state index in [1.807, 2.05) is 26.0 Å². The molecule has 1 heterocycles. The summed E-state index contributed by atoms with van der Waals surface area (Å²) in [5.74, 6) is -0.828. The molecule has 0 bridgehead atoms. The number of hydrogen-bond donors (Lipinski definition) is 1. The Morgan fingerprint density at radius 2 is 1.83 bits per heavy atom. The van der Waals surface area contributed by atoms with Gasteiger partial charge >= 0.3 is 5.97 Å². The van der Waals surface area contributed by atoms with E-state index >= 15 is 0 Å². The molecule has 0 aliphatic carbocycles. The number of fused-ring (bicyclic) bond motifs is 1. The topological polar surface area (TPSA) is 92.8 Å². The van der Waals surface area contributed by atoms with Crippen LogP contribution in [0.25, 0.3) is 0 Å². The Hall–Kier alpha value is -2.87. The number of methoxy groups -OCH3 is 1. The molecular weight excluding hydrogens is 392 g/mol. The molecule has 29 heavy (non-hydrogen) atoms. The van der Waals surface area contributed by atoms with Crippen molar-refractivity contribution in [1.82, 2.24) is 0 Å². The summed E-state index contributed by atoms with van der Waals surface area (Å²) in [5.41, 5.74) is 2.35. The zero-order valence-corrected chi connectivity index (χ0v) is 17.9. The van der Waals surface area contributed by atoms with E-state index in [1.54, 1.807) is 26.0 Å². The maximum atomic E-state index is 13.0. The van der Waals surface area contributed by atoms with Crippen molar-refractivity contribution in [2.75, 3.05) is 23.3 Å². The largest absolute Gasteiger partial charge is 0.468 e. The second-order valence-corrected chi connectivity index (χ2v) is 9.38. The van der Waals surface area contributed by atoms with Crippen LogP contribution in [0.2, 0.25) is 0 Å². The Labute approximate surface area is 170 Å². The van der Waals surface area contributed by atoms with Crippen LogP contribution in [0.5, 0.6) is 0 Å². The summed E-state index contributed by atoms with van der Waals surface area (Å²) >= 11 is 0. The number of nitrogens with one attached hydrogen (secondary N) is 1. The van der Waals surface area contributed by atoms with Crippen molar-refractivity contribution in [1.29, 1.82) is 0 Å². The standard InChI is InChI=1S/C21H24N2O5S/c1-13-6-7-14(2)17(10-13)22-29(26,27)15-8-9-18-16(11-15)21(3,4)20(25)23(18)12-19(24)28-5/h6-11,22H,12H2,1-5H3. The number of esters is 1. The Balaban J connectivity index is 2.02. The number of nitrogens with zero attached hydrogens (tertiary/aromatic N) is 1. The first-order chi connectivity index (χ1) is 13.5. The fourth-order valence-corrected chi connectivity index (χ4v) is 4.53. The Kier molecular flexibility index (Phi) is 5.17. The monoisotopic (exact) mass is 416 g/mol. The van der Waals surface area contributed by atoms with Gasteiger partial charge in [0.25, 0.3) is 10.0 Å². The normalized spacial score (nSPS) is 15.2. The van der Waals surface area contributed by atoms with Crippen molar-refractivity contribution in [3.05, 3.63) is 53.1 Å². The van der Waals surface area contributed by atoms with Gasteiger partial charge in [0.2, 0.25) is 5.91 Å². The van der Waals surface area contributed by atoms with Gasteiger partial charge in [-0.15, -0.1) is 0 Å². The summed E-state index contributed by atoms with van der Waals surface area (Å²) < 4.78 is 33.3. The van der Waals surface area contributed by atoms with Gasteiger partial charge in [0.15, 0.2) is 0 Å². The predicted octanol–water partition coefficient (Wildman–Crippen LogP) is 2.90. The molecule has 0 aromatic heterocycles. The van der Waals surface area contributed by atoms with Gasteiger partial charge in [0, 0.05) is 5.69 Å². The van der Waals surface area contributed by atoms with E-state index in [4.69, 9.17) is 0 Å². The Morgan fingerprint density at radius 3 is 2.48 bits per heavy atom. The minimum Gasteiger partial charge on any atom is -0.468 e. The third kappa shape index (κ3) is 3.72. The molecule has 1 aliphatic heterocycles. The van der Waals surface area contributed by atoms with Gasteiger partial charge in [-0.3, -0.25) is 14.3 Å². The van der Waals surface area contributed by atoms with Crippen LogP contribution in [0, 0.1) is 13.8 Å². The lowest BCUT2D eigenvalue weighted by molar-refractivity contribution is -0.140. The van der Waals surface area contributed by atoms with Gasteiger partial charge in [-0.1, -0.05) is 12.1 Å². The van der Waals surface area contributed by atoms with Crippen LogP contribution in [0.1, 0.15) is 30.5 Å². The highest BCUT2D eigenvalue weighted by molar-refractivity contribution is 7.92. The molecule has 154 valence electrons. The number of rotatable bonds is 5. The molecule has 2 aromatic carbocycles. The van der Waals surface area contributed by atoms with Crippen molar-refractivity contribution in [2.45, 2.75) is 38.0 Å². The van der Waals surface area contributed by atoms with Crippen LogP contribution >= 0.6 is 0 Å². The maximum Gasteiger partial charge on any atom is 0.325 e. The fourth-order valence-electron chi connectivity index (χ4n) is 3.38. The lowest BCUT2D eigenvalue weighted by Crippen LogP contribution is -2.39. The van der Waals surface area contributed by atoms with E-state index < -0.39 is 21.4 Å². The number of hydrogen-bond acceptors (Lipinski definition) is 5. The van der Waals surface area contributed by atoms with E-state index in [1.165, 1.54) is 24.1 Å². The third-order valence-electron chi connectivity index (χ3n) is 5.17. The highest BCUT2D eigenvalue weighted by Gasteiger charge is 2.45. The molecule has 1 aliphatic rings. The van der Waals surface area contributed by atoms with Crippen LogP contribution < -0.4 is 9.62 Å². The van der Waals surface area contributed by atoms with E-state index in [-0.39, 0.29) is 17.3 Å². The lowest BCUT2D eigenvalue weighted by atomic mass is 9.86. The highest BCUT2D eigenvalue weighted by Crippen LogP contribution is 2.42. The van der Waals surface area contributed by atoms with E-state index in [0.717, 1.165) is 11.1 Å². The zero-order valence-electron chi connectivity index (χ0n) is 17.1. The molecule has 0 saturated heterocycles. The van der Waals surface area contributed by atoms with Crippen LogP contribution in [-0.2, 0) is 29.8 Å². The van der Waals surface area contributed by atoms with Crippen LogP contribution in [0.3, 0.4) is 0 Å². The summed E-state index contributed by atoms with van der Waals surface area (Å²) in [6, 6.07) is 10.0. The van der Waals surface area contributed by atoms with Crippen LogP contribution in [-0.4, -0.2) is 33.9 Å². The van der Waals surface area contributed by atoms with Gasteiger partial charge in [-0.05, 0) is 68.7 Å². The number of carbonyl (C=O) groups excluding carboxylic acids is 2. The average molecular weight is 416 g/mol. The predicted molar refractivity (Wildman–Crippen MR) is 111 cm³/mol. The SMILES string of the molecule is COC(=O)CN1C(=O)C(C)(C)c2cc(S(=O)(=O)Nc3cc(C)ccc3C)ccc21. The van der Waals surface area contributed by atoms with Crippen molar-refractivity contribution in [2.24, 2.45) is 0 Å². The van der Waals surface area contributed by atoms with E-state index in [0.29, 0.717) is 16.9 Å². The molecule has 0 atom stereocenters. The molecule has 0 unspecified atom stereocenters. The molecule has 0 saturated carbocycles. The number of ether oxygens (including phenoxy) is 1. The number of sulfonamides is 1. The molecule has 0 radical (unpaired) electrons. The summed E-state index contributed by atoms with van der Waals surface area (Å²) in [6.45, 7) is 6.90. The number of carbonyl (C=O) groups is 2. The van der Waals surface area contributed by atoms with Gasteiger partial charge in [-0.25, -0.2) is 8.42 Å². The van der Waals surface area contributed by atoms with Crippen molar-refractivity contribution < 1.29 is 22.7 Å². The molecule has 2 aromatic rings. The second kappa shape index (κ2) is 7.18. The molecule has 1 N–H and O–H groups in total. The first-order valence-corrected chi connectivity index (χ1v) is 10.6. The number of amides is 1. The molecule has 0 fully saturated rings. The van der Waals surface area contributed by atoms with E-state index in [2.05, 4.69) is 9.46 Å². The number of benzene rings is 2. The minimum absolute atomic E-state index is 0.0537. The number of aryl methyl sites for hydroxylation is 2. The smallest absolute Gasteiger partial charge is 0.325 e. The Morgan fingerprint density at radius 1 is 1.14 bits per heavy atom. The Bertz CT molecular complexity index is 1110. The van der Waals surface area contributed by atoms with Gasteiger partial charge in [0.05, 0.1) is 23.1 Å². The quantitative estimate of drug-likeness (QED) is 0.757. The summed E-state index contributed by atoms with van der Waals surface area (Å²) in [5, 5.41) is 0. The molecule has 7 nitrogen and oxygen atoms in total. The lowest BCUT2D eigenvalue weighted by Gasteiger charge is -2.19. The molecule has 3 rings (SSSR count). The van der Waals surface area contributed by atoms with Gasteiger partial charge in [-0.2, -0.15) is 0 Å². The van der Waals surface area contributed by atoms with Gasteiger partial charge < -0.3 is 9.64 Å². The first-order valence-electron chi connectivity index (χ1n) is 9.11. The molecular formula is C21H24N2O5S. The molecule has 0 spiro atoms. The summed E-state index contributed by atoms with van der Waals surface area (Å²) in [7, 11) is -2.60. The molecule has 1 amide bonds. The molecule has 8 heteroatoms. The average Bonchev–Trinajstić information content (AvgIpc) is 2.85. The third-order valence-corrected chi connectivity index (χ3v) is 6.54. The first kappa shape index (κ1) is 20.9. The minimum atomic E-state index is -3.86. The summed E-state index contributed by atoms with van der Waals surface area (Å²) in [4.78, 5) is 25.9. The van der Waals surface area contributed by atoms with Crippen molar-refractivity contribution in [3.63, 3.8) is 0 Å². The maximum absolute atomic E-state index is 13.0. The van der Waals surface area contributed by atoms with E-state index in [9.17, 15) is 18.0 Å². The van der Waals surface area contributed by atoms with Crippen LogP contribution in [0.15, 0.2) is 41.3 Å². The zero-order chi connectivity index (χ0) is 21.6. The number of anilines is 2.